The standard InChI is InChI=1S/C16H21IN2O/c1-20-11-14-5-3-9-19(14)18-16-6-2-4-12-10-13(17)7-8-15(12)16/h7-8,10,14H,2-6,9,11H2,1H3/t14-/m0/s1. The molecule has 0 unspecified atom stereocenters. The zero-order valence-electron chi connectivity index (χ0n) is 11.9. The number of hydrogen-bond donors (Lipinski definition) is 0. The molecule has 0 aromatic heterocycles. The highest BCUT2D eigenvalue weighted by molar-refractivity contribution is 14.1. The summed E-state index contributed by atoms with van der Waals surface area (Å²) in [5.41, 5.74) is 4.09. The first-order valence-corrected chi connectivity index (χ1v) is 8.47. The maximum atomic E-state index is 5.32. The van der Waals surface area contributed by atoms with Gasteiger partial charge in [0, 0.05) is 22.8 Å². The molecule has 1 aromatic carbocycles. The van der Waals surface area contributed by atoms with Gasteiger partial charge in [-0.25, -0.2) is 0 Å². The molecular weight excluding hydrogens is 363 g/mol. The molecule has 1 heterocycles. The smallest absolute Gasteiger partial charge is 0.0704 e. The van der Waals surface area contributed by atoms with Crippen LogP contribution in [0.3, 0.4) is 0 Å². The van der Waals surface area contributed by atoms with Gasteiger partial charge in [0.05, 0.1) is 18.4 Å². The largest absolute Gasteiger partial charge is 0.382 e. The lowest BCUT2D eigenvalue weighted by Gasteiger charge is -2.25. The Balaban J connectivity index is 1.86. The number of benzene rings is 1. The highest BCUT2D eigenvalue weighted by Gasteiger charge is 2.25. The summed E-state index contributed by atoms with van der Waals surface area (Å²) in [5, 5.41) is 7.23. The van der Waals surface area contributed by atoms with E-state index in [1.807, 2.05) is 0 Å². The van der Waals surface area contributed by atoms with Crippen molar-refractivity contribution < 1.29 is 4.74 Å². The van der Waals surface area contributed by atoms with Crippen LogP contribution in [0, 0.1) is 3.57 Å². The van der Waals surface area contributed by atoms with Crippen molar-refractivity contribution in [3.8, 4) is 0 Å². The number of hydrazone groups is 1. The van der Waals surface area contributed by atoms with E-state index >= 15 is 0 Å². The van der Waals surface area contributed by atoms with Crippen molar-refractivity contribution >= 4 is 28.3 Å². The Kier molecular flexibility index (Phi) is 4.61. The van der Waals surface area contributed by atoms with Gasteiger partial charge in [-0.05, 0) is 72.4 Å². The molecule has 1 aromatic rings. The van der Waals surface area contributed by atoms with Crippen LogP contribution in [-0.4, -0.2) is 37.0 Å². The van der Waals surface area contributed by atoms with Crippen LogP contribution in [0.15, 0.2) is 23.3 Å². The van der Waals surface area contributed by atoms with Crippen LogP contribution in [0.5, 0.6) is 0 Å². The van der Waals surface area contributed by atoms with E-state index in [2.05, 4.69) is 45.8 Å². The molecule has 0 saturated carbocycles. The van der Waals surface area contributed by atoms with Gasteiger partial charge in [-0.1, -0.05) is 6.07 Å². The average molecular weight is 384 g/mol. The van der Waals surface area contributed by atoms with Crippen molar-refractivity contribution in [3.63, 3.8) is 0 Å². The highest BCUT2D eigenvalue weighted by atomic mass is 127. The predicted octanol–water partition coefficient (Wildman–Crippen LogP) is 3.44. The van der Waals surface area contributed by atoms with E-state index in [4.69, 9.17) is 9.84 Å². The second-order valence-corrected chi connectivity index (χ2v) is 6.86. The summed E-state index contributed by atoms with van der Waals surface area (Å²) in [6.45, 7) is 1.85. The number of hydrogen-bond acceptors (Lipinski definition) is 3. The lowest BCUT2D eigenvalue weighted by molar-refractivity contribution is 0.118. The lowest BCUT2D eigenvalue weighted by Crippen LogP contribution is -2.30. The first-order chi connectivity index (χ1) is 9.78. The Labute approximate surface area is 134 Å². The van der Waals surface area contributed by atoms with E-state index in [0.717, 1.165) is 19.6 Å². The average Bonchev–Trinajstić information content (AvgIpc) is 2.86. The second-order valence-electron chi connectivity index (χ2n) is 5.62. The second kappa shape index (κ2) is 6.43. The van der Waals surface area contributed by atoms with Gasteiger partial charge in [0.25, 0.3) is 0 Å². The summed E-state index contributed by atoms with van der Waals surface area (Å²) in [7, 11) is 1.78. The monoisotopic (exact) mass is 384 g/mol. The summed E-state index contributed by atoms with van der Waals surface area (Å²) in [4.78, 5) is 0. The number of methoxy groups -OCH3 is 1. The third-order valence-electron chi connectivity index (χ3n) is 4.19. The summed E-state index contributed by atoms with van der Waals surface area (Å²) in [6, 6.07) is 7.20. The predicted molar refractivity (Wildman–Crippen MR) is 90.2 cm³/mol. The minimum absolute atomic E-state index is 0.460. The molecule has 108 valence electrons. The van der Waals surface area contributed by atoms with Crippen LogP contribution in [0.2, 0.25) is 0 Å². The van der Waals surface area contributed by atoms with Crippen LogP contribution < -0.4 is 0 Å². The fourth-order valence-electron chi connectivity index (χ4n) is 3.20. The number of aryl methyl sites for hydroxylation is 1. The van der Waals surface area contributed by atoms with Gasteiger partial charge in [-0.2, -0.15) is 5.10 Å². The van der Waals surface area contributed by atoms with E-state index < -0.39 is 0 Å². The quantitative estimate of drug-likeness (QED) is 0.746. The maximum Gasteiger partial charge on any atom is 0.0704 e. The fourth-order valence-corrected chi connectivity index (χ4v) is 3.76. The normalized spacial score (nSPS) is 24.2. The molecule has 0 radical (unpaired) electrons. The molecule has 0 amide bonds. The Hall–Kier alpha value is -0.620. The Morgan fingerprint density at radius 3 is 3.10 bits per heavy atom. The van der Waals surface area contributed by atoms with Crippen LogP contribution in [0.4, 0.5) is 0 Å². The SMILES string of the molecule is COC[C@@H]1CCCN1N=C1CCCc2cc(I)ccc21. The van der Waals surface area contributed by atoms with Gasteiger partial charge in [-0.15, -0.1) is 0 Å². The zero-order valence-corrected chi connectivity index (χ0v) is 14.1. The first-order valence-electron chi connectivity index (χ1n) is 7.40. The number of nitrogens with zero attached hydrogens (tertiary/aromatic N) is 2. The molecule has 4 heteroatoms. The van der Waals surface area contributed by atoms with Crippen LogP contribution >= 0.6 is 22.6 Å². The molecule has 0 spiro atoms. The molecule has 1 atom stereocenters. The van der Waals surface area contributed by atoms with Gasteiger partial charge < -0.3 is 4.74 Å². The molecule has 1 saturated heterocycles. The Morgan fingerprint density at radius 2 is 2.25 bits per heavy atom. The van der Waals surface area contributed by atoms with E-state index in [1.165, 1.54) is 46.1 Å². The van der Waals surface area contributed by atoms with Crippen molar-refractivity contribution in [2.24, 2.45) is 5.10 Å². The van der Waals surface area contributed by atoms with Crippen LogP contribution in [0.25, 0.3) is 0 Å². The Morgan fingerprint density at radius 1 is 1.35 bits per heavy atom. The fraction of sp³-hybridized carbons (Fsp3) is 0.562. The van der Waals surface area contributed by atoms with Crippen molar-refractivity contribution in [2.45, 2.75) is 38.1 Å². The summed E-state index contributed by atoms with van der Waals surface area (Å²) in [5.74, 6) is 0. The van der Waals surface area contributed by atoms with Crippen molar-refractivity contribution in [1.82, 2.24) is 5.01 Å². The topological polar surface area (TPSA) is 24.8 Å². The van der Waals surface area contributed by atoms with Crippen molar-refractivity contribution in [1.29, 1.82) is 0 Å². The molecule has 0 bridgehead atoms. The highest BCUT2D eigenvalue weighted by Crippen LogP contribution is 2.26. The lowest BCUT2D eigenvalue weighted by atomic mass is 9.90. The Bertz CT molecular complexity index is 515. The van der Waals surface area contributed by atoms with Gasteiger partial charge in [0.1, 0.15) is 0 Å². The van der Waals surface area contributed by atoms with Gasteiger partial charge in [0.2, 0.25) is 0 Å². The van der Waals surface area contributed by atoms with Gasteiger partial charge in [-0.3, -0.25) is 5.01 Å². The molecule has 0 N–H and O–H groups in total. The number of halogens is 1. The van der Waals surface area contributed by atoms with Gasteiger partial charge >= 0.3 is 0 Å². The molecule has 3 rings (SSSR count). The molecule has 1 fully saturated rings. The van der Waals surface area contributed by atoms with E-state index in [-0.39, 0.29) is 0 Å². The number of rotatable bonds is 3. The summed E-state index contributed by atoms with van der Waals surface area (Å²) in [6.07, 6.45) is 5.93. The zero-order chi connectivity index (χ0) is 13.9. The number of fused-ring (bicyclic) bond motifs is 1. The third kappa shape index (κ3) is 3.01. The molecule has 1 aliphatic carbocycles. The molecule has 2 aliphatic rings. The minimum atomic E-state index is 0.460. The van der Waals surface area contributed by atoms with Crippen molar-refractivity contribution in [2.75, 3.05) is 20.3 Å². The van der Waals surface area contributed by atoms with E-state index in [9.17, 15) is 0 Å². The summed E-state index contributed by atoms with van der Waals surface area (Å²) < 4.78 is 6.64. The van der Waals surface area contributed by atoms with E-state index in [0.29, 0.717) is 6.04 Å². The summed E-state index contributed by atoms with van der Waals surface area (Å²) >= 11 is 2.39. The molecule has 1 aliphatic heterocycles. The maximum absolute atomic E-state index is 5.32. The first kappa shape index (κ1) is 14.3. The number of ether oxygens (including phenoxy) is 1. The van der Waals surface area contributed by atoms with Gasteiger partial charge in [0.15, 0.2) is 0 Å². The van der Waals surface area contributed by atoms with Crippen molar-refractivity contribution in [3.05, 3.63) is 32.9 Å². The minimum Gasteiger partial charge on any atom is -0.382 e. The molecule has 3 nitrogen and oxygen atoms in total. The molecule has 20 heavy (non-hydrogen) atoms. The van der Waals surface area contributed by atoms with E-state index in [1.54, 1.807) is 7.11 Å². The van der Waals surface area contributed by atoms with Crippen LogP contribution in [-0.2, 0) is 11.2 Å². The third-order valence-corrected chi connectivity index (χ3v) is 4.86. The van der Waals surface area contributed by atoms with Crippen LogP contribution in [0.1, 0.15) is 36.8 Å². The molecular formula is C16H21IN2O.